The number of carbonyl (C=O) groups is 2. The number of carboxylic acid groups (broad SMARTS) is 2. The molecule has 138 valence electrons. The van der Waals surface area contributed by atoms with Crippen LogP contribution in [0.4, 0.5) is 0 Å². The number of benzene rings is 3. The summed E-state index contributed by atoms with van der Waals surface area (Å²) in [5.74, 6) is -2.47. The molecule has 0 bridgehead atoms. The monoisotopic (exact) mass is 364 g/mol. The Bertz CT molecular complexity index is 993. The minimum absolute atomic E-state index is 0.0965. The van der Waals surface area contributed by atoms with E-state index in [1.165, 1.54) is 0 Å². The van der Waals surface area contributed by atoms with Crippen LogP contribution in [0.5, 0.6) is 5.75 Å². The lowest BCUT2D eigenvalue weighted by atomic mass is 9.90. The standard InChI is InChI=1S/C22H20O5/c1-2-8-16-15-11-6-7-12-17(15)20(19(22(25)26)18(16)21(23)24)27-13-14-9-4-3-5-10-14/h3-7,9-12H,2,8,13H2,1H3,(H,23,24)(H,25,26). The van der Waals surface area contributed by atoms with Crippen LogP contribution in [0.2, 0.25) is 0 Å². The second kappa shape index (κ2) is 7.91. The zero-order valence-electron chi connectivity index (χ0n) is 14.9. The third kappa shape index (κ3) is 3.62. The van der Waals surface area contributed by atoms with Gasteiger partial charge in [0.15, 0.2) is 0 Å². The molecule has 0 aliphatic rings. The Morgan fingerprint density at radius 3 is 2.04 bits per heavy atom. The summed E-state index contributed by atoms with van der Waals surface area (Å²) in [6.45, 7) is 2.08. The highest BCUT2D eigenvalue weighted by atomic mass is 16.5. The van der Waals surface area contributed by atoms with Gasteiger partial charge < -0.3 is 14.9 Å². The molecular weight excluding hydrogens is 344 g/mol. The van der Waals surface area contributed by atoms with E-state index in [4.69, 9.17) is 4.74 Å². The predicted octanol–water partition coefficient (Wildman–Crippen LogP) is 4.77. The van der Waals surface area contributed by atoms with Crippen molar-refractivity contribution in [2.75, 3.05) is 0 Å². The summed E-state index contributed by atoms with van der Waals surface area (Å²) < 4.78 is 5.88. The van der Waals surface area contributed by atoms with Gasteiger partial charge in [0, 0.05) is 5.39 Å². The maximum absolute atomic E-state index is 12.0. The molecule has 27 heavy (non-hydrogen) atoms. The van der Waals surface area contributed by atoms with Crippen molar-refractivity contribution >= 4 is 22.7 Å². The first kappa shape index (κ1) is 18.5. The van der Waals surface area contributed by atoms with Crippen molar-refractivity contribution in [3.05, 3.63) is 76.9 Å². The van der Waals surface area contributed by atoms with Crippen LogP contribution in [-0.2, 0) is 13.0 Å². The fourth-order valence-electron chi connectivity index (χ4n) is 3.31. The topological polar surface area (TPSA) is 83.8 Å². The Kier molecular flexibility index (Phi) is 5.41. The molecule has 0 aliphatic carbocycles. The Labute approximate surface area is 156 Å². The summed E-state index contributed by atoms with van der Waals surface area (Å²) in [6.07, 6.45) is 1.18. The molecule has 0 fully saturated rings. The van der Waals surface area contributed by atoms with Gasteiger partial charge >= 0.3 is 11.9 Å². The number of aryl methyl sites for hydroxylation is 1. The third-order valence-electron chi connectivity index (χ3n) is 4.43. The largest absolute Gasteiger partial charge is 0.487 e. The number of rotatable bonds is 7. The van der Waals surface area contributed by atoms with Gasteiger partial charge in [0.1, 0.15) is 17.9 Å². The van der Waals surface area contributed by atoms with Crippen LogP contribution >= 0.6 is 0 Å². The molecule has 5 nitrogen and oxygen atoms in total. The van der Waals surface area contributed by atoms with Crippen molar-refractivity contribution in [2.24, 2.45) is 0 Å². The van der Waals surface area contributed by atoms with Gasteiger partial charge in [-0.3, -0.25) is 0 Å². The Balaban J connectivity index is 2.27. The van der Waals surface area contributed by atoms with E-state index in [1.54, 1.807) is 12.1 Å². The minimum Gasteiger partial charge on any atom is -0.487 e. The molecule has 0 radical (unpaired) electrons. The van der Waals surface area contributed by atoms with Crippen LogP contribution in [0.15, 0.2) is 54.6 Å². The minimum atomic E-state index is -1.31. The zero-order chi connectivity index (χ0) is 19.4. The highest BCUT2D eigenvalue weighted by molar-refractivity contribution is 6.12. The normalized spacial score (nSPS) is 10.7. The molecule has 0 spiro atoms. The molecule has 2 N–H and O–H groups in total. The molecule has 0 aromatic heterocycles. The maximum atomic E-state index is 12.0. The van der Waals surface area contributed by atoms with Gasteiger partial charge in [0.2, 0.25) is 0 Å². The van der Waals surface area contributed by atoms with Crippen molar-refractivity contribution in [3.63, 3.8) is 0 Å². The summed E-state index contributed by atoms with van der Waals surface area (Å²) in [6, 6.07) is 16.5. The SMILES string of the molecule is CCCc1c(C(=O)O)c(C(=O)O)c(OCc2ccccc2)c2ccccc12. The number of hydrogen-bond donors (Lipinski definition) is 2. The van der Waals surface area contributed by atoms with Crippen LogP contribution in [-0.4, -0.2) is 22.2 Å². The molecule has 0 amide bonds. The maximum Gasteiger partial charge on any atom is 0.340 e. The lowest BCUT2D eigenvalue weighted by Gasteiger charge is -2.18. The second-order valence-corrected chi connectivity index (χ2v) is 6.24. The molecule has 3 aromatic carbocycles. The van der Waals surface area contributed by atoms with Gasteiger partial charge in [-0.25, -0.2) is 9.59 Å². The van der Waals surface area contributed by atoms with Crippen molar-refractivity contribution in [1.82, 2.24) is 0 Å². The van der Waals surface area contributed by atoms with Crippen LogP contribution in [0.3, 0.4) is 0 Å². The fourth-order valence-corrected chi connectivity index (χ4v) is 3.31. The highest BCUT2D eigenvalue weighted by Gasteiger charge is 2.28. The first-order valence-electron chi connectivity index (χ1n) is 8.75. The van der Waals surface area contributed by atoms with Gasteiger partial charge in [-0.05, 0) is 22.9 Å². The summed E-state index contributed by atoms with van der Waals surface area (Å²) >= 11 is 0. The third-order valence-corrected chi connectivity index (χ3v) is 4.43. The molecule has 3 aromatic rings. The van der Waals surface area contributed by atoms with E-state index in [0.717, 1.165) is 5.56 Å². The number of aromatic carboxylic acids is 2. The smallest absolute Gasteiger partial charge is 0.340 e. The van der Waals surface area contributed by atoms with Gasteiger partial charge in [0.25, 0.3) is 0 Å². The summed E-state index contributed by atoms with van der Waals surface area (Å²) in [7, 11) is 0. The average Bonchev–Trinajstić information content (AvgIpc) is 2.67. The van der Waals surface area contributed by atoms with E-state index in [0.29, 0.717) is 29.2 Å². The lowest BCUT2D eigenvalue weighted by molar-refractivity contribution is 0.0646. The van der Waals surface area contributed by atoms with Gasteiger partial charge in [-0.1, -0.05) is 67.9 Å². The van der Waals surface area contributed by atoms with Crippen LogP contribution in [0, 0.1) is 0 Å². The highest BCUT2D eigenvalue weighted by Crippen LogP contribution is 2.37. The molecule has 0 unspecified atom stereocenters. The number of hydrogen-bond acceptors (Lipinski definition) is 3. The molecule has 0 atom stereocenters. The molecule has 0 saturated carbocycles. The molecule has 0 aliphatic heterocycles. The number of carboxylic acids is 2. The average molecular weight is 364 g/mol. The molecule has 5 heteroatoms. The van der Waals surface area contributed by atoms with E-state index < -0.39 is 11.9 Å². The first-order valence-corrected chi connectivity index (χ1v) is 8.75. The van der Waals surface area contributed by atoms with Gasteiger partial charge in [-0.15, -0.1) is 0 Å². The summed E-state index contributed by atoms with van der Waals surface area (Å²) in [5.41, 5.74) is 0.921. The number of fused-ring (bicyclic) bond motifs is 1. The van der Waals surface area contributed by atoms with Gasteiger partial charge in [-0.2, -0.15) is 0 Å². The zero-order valence-corrected chi connectivity index (χ0v) is 14.9. The fraction of sp³-hybridized carbons (Fsp3) is 0.182. The van der Waals surface area contributed by atoms with Crippen LogP contribution in [0.25, 0.3) is 10.8 Å². The first-order chi connectivity index (χ1) is 13.0. The molecular formula is C22H20O5. The lowest BCUT2D eigenvalue weighted by Crippen LogP contribution is -2.15. The Morgan fingerprint density at radius 1 is 0.852 bits per heavy atom. The van der Waals surface area contributed by atoms with Gasteiger partial charge in [0.05, 0.1) is 5.56 Å². The van der Waals surface area contributed by atoms with Crippen molar-refractivity contribution in [1.29, 1.82) is 0 Å². The predicted molar refractivity (Wildman–Crippen MR) is 103 cm³/mol. The van der Waals surface area contributed by atoms with E-state index in [9.17, 15) is 19.8 Å². The molecule has 0 saturated heterocycles. The summed E-state index contributed by atoms with van der Waals surface area (Å²) in [4.78, 5) is 24.0. The van der Waals surface area contributed by atoms with Crippen molar-refractivity contribution in [2.45, 2.75) is 26.4 Å². The van der Waals surface area contributed by atoms with Crippen molar-refractivity contribution in [3.8, 4) is 5.75 Å². The van der Waals surface area contributed by atoms with E-state index in [2.05, 4.69) is 0 Å². The van der Waals surface area contributed by atoms with Crippen LogP contribution < -0.4 is 4.74 Å². The van der Waals surface area contributed by atoms with E-state index >= 15 is 0 Å². The second-order valence-electron chi connectivity index (χ2n) is 6.24. The number of ether oxygens (including phenoxy) is 1. The molecule has 0 heterocycles. The quantitative estimate of drug-likeness (QED) is 0.631. The van der Waals surface area contributed by atoms with Crippen LogP contribution in [0.1, 0.15) is 45.2 Å². The Hall–Kier alpha value is -3.34. The van der Waals surface area contributed by atoms with E-state index in [1.807, 2.05) is 49.4 Å². The van der Waals surface area contributed by atoms with E-state index in [-0.39, 0.29) is 23.5 Å². The Morgan fingerprint density at radius 2 is 1.44 bits per heavy atom. The molecule has 3 rings (SSSR count). The van der Waals surface area contributed by atoms with Crippen molar-refractivity contribution < 1.29 is 24.5 Å². The summed E-state index contributed by atoms with van der Waals surface area (Å²) in [5, 5.41) is 20.9.